The van der Waals surface area contributed by atoms with Crippen molar-refractivity contribution >= 4 is 29.0 Å². The Kier molecular flexibility index (Phi) is 4.84. The van der Waals surface area contributed by atoms with Gasteiger partial charge in [-0.05, 0) is 41.5 Å². The normalized spacial score (nSPS) is 11.4. The molecule has 0 aliphatic rings. The van der Waals surface area contributed by atoms with Gasteiger partial charge >= 0.3 is 5.97 Å². The molecule has 2 N–H and O–H groups in total. The molecule has 7 nitrogen and oxygen atoms in total. The summed E-state index contributed by atoms with van der Waals surface area (Å²) < 4.78 is 1.66. The summed E-state index contributed by atoms with van der Waals surface area (Å²) in [5.74, 6) is -0.371. The van der Waals surface area contributed by atoms with E-state index >= 15 is 0 Å². The Morgan fingerprint density at radius 2 is 1.94 bits per heavy atom. The van der Waals surface area contributed by atoms with Crippen LogP contribution in [0.2, 0.25) is 0 Å². The van der Waals surface area contributed by atoms with Crippen LogP contribution < -0.4 is 0 Å². The second-order valence-corrected chi connectivity index (χ2v) is 7.42. The minimum atomic E-state index is -0.953. The number of aromatic amines is 1. The third kappa shape index (κ3) is 3.67. The number of carboxylic acid groups (broad SMARTS) is 1. The fourth-order valence-corrected chi connectivity index (χ4v) is 3.69. The average Bonchev–Trinajstić information content (AvgIpc) is 3.47. The Morgan fingerprint density at radius 3 is 2.75 bits per heavy atom. The van der Waals surface area contributed by atoms with Crippen LogP contribution in [-0.4, -0.2) is 35.8 Å². The maximum absolute atomic E-state index is 11.4. The van der Waals surface area contributed by atoms with Gasteiger partial charge in [-0.15, -0.1) is 0 Å². The number of aromatic nitrogens is 5. The molecule has 0 amide bonds. The number of benzene rings is 2. The van der Waals surface area contributed by atoms with Crippen LogP contribution in [0.3, 0.4) is 0 Å². The fourth-order valence-electron chi connectivity index (χ4n) is 3.69. The van der Waals surface area contributed by atoms with E-state index in [0.29, 0.717) is 5.82 Å². The minimum absolute atomic E-state index is 0.243. The number of rotatable bonds is 5. The molecule has 3 heterocycles. The quantitative estimate of drug-likeness (QED) is 0.421. The Bertz CT molecular complexity index is 1470. The molecule has 3 aromatic heterocycles. The molecule has 0 aliphatic heterocycles. The SMILES string of the molecule is Cn1c(C(=O)O)cc2ccc(-c3nccc(/C=C/c4cccc(-c5cn[nH]c5)c4)n3)cc21. The molecule has 0 atom stereocenters. The van der Waals surface area contributed by atoms with Crippen LogP contribution in [0, 0.1) is 0 Å². The summed E-state index contributed by atoms with van der Waals surface area (Å²) >= 11 is 0. The largest absolute Gasteiger partial charge is 0.477 e. The molecule has 0 fully saturated rings. The van der Waals surface area contributed by atoms with Crippen LogP contribution in [0.1, 0.15) is 21.7 Å². The first-order valence-electron chi connectivity index (χ1n) is 10.0. The number of carboxylic acids is 1. The summed E-state index contributed by atoms with van der Waals surface area (Å²) in [7, 11) is 1.74. The number of nitrogens with one attached hydrogen (secondary N) is 1. The summed E-state index contributed by atoms with van der Waals surface area (Å²) in [5, 5.41) is 17.1. The molecule has 0 aliphatic carbocycles. The first kappa shape index (κ1) is 19.4. The van der Waals surface area contributed by atoms with Gasteiger partial charge in [-0.25, -0.2) is 14.8 Å². The second-order valence-electron chi connectivity index (χ2n) is 7.42. The average molecular weight is 421 g/mol. The lowest BCUT2D eigenvalue weighted by atomic mass is 10.1. The van der Waals surface area contributed by atoms with Gasteiger partial charge in [-0.2, -0.15) is 5.10 Å². The van der Waals surface area contributed by atoms with E-state index < -0.39 is 5.97 Å². The highest BCUT2D eigenvalue weighted by molar-refractivity contribution is 5.95. The number of aromatic carboxylic acids is 1. The molecule has 0 radical (unpaired) electrons. The lowest BCUT2D eigenvalue weighted by Gasteiger charge is -2.04. The van der Waals surface area contributed by atoms with Crippen molar-refractivity contribution < 1.29 is 9.90 Å². The minimum Gasteiger partial charge on any atom is -0.477 e. The van der Waals surface area contributed by atoms with Gasteiger partial charge in [-0.3, -0.25) is 5.10 Å². The van der Waals surface area contributed by atoms with Gasteiger partial charge in [0.25, 0.3) is 0 Å². The lowest BCUT2D eigenvalue weighted by Crippen LogP contribution is -2.03. The van der Waals surface area contributed by atoms with E-state index in [-0.39, 0.29) is 5.69 Å². The standard InChI is InChI=1S/C25H19N5O2/c1-30-22-13-19(7-6-18(22)12-23(30)25(31)32)24-26-10-9-21(29-24)8-5-16-3-2-4-17(11-16)20-14-27-28-15-20/h2-15H,1H3,(H,27,28)(H,31,32)/b8-5+. The van der Waals surface area contributed by atoms with E-state index in [1.54, 1.807) is 30.1 Å². The monoisotopic (exact) mass is 421 g/mol. The molecule has 32 heavy (non-hydrogen) atoms. The highest BCUT2D eigenvalue weighted by atomic mass is 16.4. The van der Waals surface area contributed by atoms with Crippen molar-refractivity contribution in [3.63, 3.8) is 0 Å². The molecule has 0 saturated carbocycles. The third-order valence-corrected chi connectivity index (χ3v) is 5.36. The second kappa shape index (κ2) is 7.96. The summed E-state index contributed by atoms with van der Waals surface area (Å²) in [5.41, 5.74) is 5.84. The molecular formula is C25H19N5O2. The van der Waals surface area contributed by atoms with Gasteiger partial charge in [0.2, 0.25) is 0 Å². The molecule has 156 valence electrons. The van der Waals surface area contributed by atoms with E-state index in [1.807, 2.05) is 60.8 Å². The van der Waals surface area contributed by atoms with Crippen molar-refractivity contribution in [2.45, 2.75) is 0 Å². The molecule has 0 saturated heterocycles. The van der Waals surface area contributed by atoms with Crippen LogP contribution in [-0.2, 0) is 7.05 Å². The highest BCUT2D eigenvalue weighted by Gasteiger charge is 2.13. The van der Waals surface area contributed by atoms with Crippen molar-refractivity contribution in [1.29, 1.82) is 0 Å². The topological polar surface area (TPSA) is 96.7 Å². The van der Waals surface area contributed by atoms with Crippen LogP contribution in [0.15, 0.2) is 73.2 Å². The number of hydrogen-bond acceptors (Lipinski definition) is 4. The number of carbonyl (C=O) groups is 1. The highest BCUT2D eigenvalue weighted by Crippen LogP contribution is 2.25. The fraction of sp³-hybridized carbons (Fsp3) is 0.0400. The lowest BCUT2D eigenvalue weighted by molar-refractivity contribution is 0.0687. The van der Waals surface area contributed by atoms with Crippen LogP contribution in [0.5, 0.6) is 0 Å². The predicted molar refractivity (Wildman–Crippen MR) is 124 cm³/mol. The van der Waals surface area contributed by atoms with E-state index in [1.165, 1.54) is 0 Å². The maximum atomic E-state index is 11.4. The molecule has 5 aromatic rings. The zero-order valence-electron chi connectivity index (χ0n) is 17.2. The number of H-pyrrole nitrogens is 1. The smallest absolute Gasteiger partial charge is 0.352 e. The van der Waals surface area contributed by atoms with E-state index in [4.69, 9.17) is 0 Å². The Hall–Kier alpha value is -4.52. The van der Waals surface area contributed by atoms with E-state index in [0.717, 1.165) is 38.9 Å². The molecule has 0 unspecified atom stereocenters. The van der Waals surface area contributed by atoms with Crippen LogP contribution in [0.25, 0.3) is 45.6 Å². The molecule has 7 heteroatoms. The van der Waals surface area contributed by atoms with Crippen molar-refractivity contribution in [2.75, 3.05) is 0 Å². The number of fused-ring (bicyclic) bond motifs is 1. The molecular weight excluding hydrogens is 402 g/mol. The third-order valence-electron chi connectivity index (χ3n) is 5.36. The maximum Gasteiger partial charge on any atom is 0.352 e. The number of nitrogens with zero attached hydrogens (tertiary/aromatic N) is 4. The summed E-state index contributed by atoms with van der Waals surface area (Å²) in [6, 6.07) is 17.4. The summed E-state index contributed by atoms with van der Waals surface area (Å²) in [6.07, 6.45) is 9.34. The number of aryl methyl sites for hydroxylation is 1. The van der Waals surface area contributed by atoms with Gasteiger partial charge in [0.15, 0.2) is 5.82 Å². The van der Waals surface area contributed by atoms with Crippen LogP contribution >= 0.6 is 0 Å². The Morgan fingerprint density at radius 1 is 1.03 bits per heavy atom. The Labute approximate surface area is 183 Å². The molecule has 0 bridgehead atoms. The molecule has 5 rings (SSSR count). The van der Waals surface area contributed by atoms with Crippen molar-refractivity contribution in [3.05, 3.63) is 90.1 Å². The molecule has 2 aromatic carbocycles. The number of hydrogen-bond donors (Lipinski definition) is 2. The first-order chi connectivity index (χ1) is 15.6. The van der Waals surface area contributed by atoms with E-state index in [2.05, 4.69) is 26.2 Å². The summed E-state index contributed by atoms with van der Waals surface area (Å²) in [6.45, 7) is 0. The van der Waals surface area contributed by atoms with Crippen molar-refractivity contribution in [2.24, 2.45) is 7.05 Å². The van der Waals surface area contributed by atoms with Gasteiger partial charge in [0.1, 0.15) is 5.69 Å². The van der Waals surface area contributed by atoms with Gasteiger partial charge < -0.3 is 9.67 Å². The summed E-state index contributed by atoms with van der Waals surface area (Å²) in [4.78, 5) is 20.5. The predicted octanol–water partition coefficient (Wildman–Crippen LogP) is 4.89. The zero-order chi connectivity index (χ0) is 22.1. The van der Waals surface area contributed by atoms with Crippen LogP contribution in [0.4, 0.5) is 0 Å². The van der Waals surface area contributed by atoms with E-state index in [9.17, 15) is 9.90 Å². The Balaban J connectivity index is 1.44. The zero-order valence-corrected chi connectivity index (χ0v) is 17.2. The first-order valence-corrected chi connectivity index (χ1v) is 10.0. The van der Waals surface area contributed by atoms with Crippen molar-refractivity contribution in [1.82, 2.24) is 24.7 Å². The molecule has 0 spiro atoms. The van der Waals surface area contributed by atoms with Gasteiger partial charge in [-0.1, -0.05) is 36.4 Å². The van der Waals surface area contributed by atoms with Gasteiger partial charge in [0.05, 0.1) is 11.9 Å². The van der Waals surface area contributed by atoms with Crippen molar-refractivity contribution in [3.8, 4) is 22.5 Å². The van der Waals surface area contributed by atoms with Gasteiger partial charge in [0, 0.05) is 41.5 Å².